The van der Waals surface area contributed by atoms with Gasteiger partial charge in [0, 0.05) is 22.3 Å². The predicted octanol–water partition coefficient (Wildman–Crippen LogP) is 16.3. The molecule has 0 N–H and O–H groups in total. The van der Waals surface area contributed by atoms with Crippen LogP contribution in [0, 0.1) is 14.9 Å². The monoisotopic (exact) mass is 741 g/mol. The van der Waals surface area contributed by atoms with E-state index >= 15 is 0 Å². The van der Waals surface area contributed by atoms with E-state index in [4.69, 9.17) is 0 Å². The van der Waals surface area contributed by atoms with Gasteiger partial charge in [-0.3, -0.25) is 0 Å². The Morgan fingerprint density at radius 3 is 1.16 bits per heavy atom. The van der Waals surface area contributed by atoms with Crippen LogP contribution >= 0.6 is 0 Å². The third kappa shape index (κ3) is 17.6. The summed E-state index contributed by atoms with van der Waals surface area (Å²) in [5.41, 5.74) is 22.0. The normalized spacial score (nSPS) is 12.6. The fourth-order valence-electron chi connectivity index (χ4n) is 7.52. The van der Waals surface area contributed by atoms with Gasteiger partial charge in [-0.05, 0) is 86.8 Å². The number of hydrogen-bond donors (Lipinski definition) is 0. The third-order valence-electron chi connectivity index (χ3n) is 10.5. The molecule has 0 aliphatic carbocycles. The Labute approximate surface area is 328 Å². The van der Waals surface area contributed by atoms with Crippen molar-refractivity contribution in [1.29, 1.82) is 0 Å². The molecule has 0 atom stereocenters. The molecule has 2 nitrogen and oxygen atoms in total. The zero-order valence-electron chi connectivity index (χ0n) is 34.2. The molecule has 1 heterocycles. The second-order valence-electron chi connectivity index (χ2n) is 14.7. The minimum atomic E-state index is 0. The van der Waals surface area contributed by atoms with Gasteiger partial charge in [0.05, 0.1) is 0 Å². The summed E-state index contributed by atoms with van der Waals surface area (Å²) in [6, 6.07) is 18.1. The summed E-state index contributed by atoms with van der Waals surface area (Å²) >= 11 is 0. The molecular weight excluding hydrogens is 663 g/mol. The summed E-state index contributed by atoms with van der Waals surface area (Å²) in [6.45, 7) is 9.12. The zero-order chi connectivity index (χ0) is 34.2. The molecule has 0 spiro atoms. The molecule has 290 valence electrons. The molecule has 0 amide bonds. The van der Waals surface area contributed by atoms with Gasteiger partial charge in [-0.1, -0.05) is 168 Å². The summed E-state index contributed by atoms with van der Waals surface area (Å²) < 4.78 is 1.58. The van der Waals surface area contributed by atoms with Gasteiger partial charge in [0.25, 0.3) is 0 Å². The van der Waals surface area contributed by atoms with Crippen LogP contribution in [0.4, 0.5) is 0 Å². The first-order valence-corrected chi connectivity index (χ1v) is 20.8. The average molecular weight is 742 g/mol. The van der Waals surface area contributed by atoms with Gasteiger partial charge in [0.2, 0.25) is 11.4 Å². The van der Waals surface area contributed by atoms with Crippen LogP contribution in [-0.4, -0.2) is 4.70 Å². The minimum absolute atomic E-state index is 0. The minimum Gasteiger partial charge on any atom is -0.493 e. The third-order valence-corrected chi connectivity index (χ3v) is 10.5. The number of nitrogens with zero attached hydrogens (tertiary/aromatic N) is 2. The smallest absolute Gasteiger partial charge is 0.493 e. The van der Waals surface area contributed by atoms with Crippen LogP contribution < -0.4 is 0 Å². The number of unbranched alkanes of at least 4 members (excludes halogenated alkanes) is 18. The van der Waals surface area contributed by atoms with Crippen molar-refractivity contribution >= 4 is 11.4 Å². The summed E-state index contributed by atoms with van der Waals surface area (Å²) in [4.78, 5) is 0. The van der Waals surface area contributed by atoms with Gasteiger partial charge in [-0.2, -0.15) is 0 Å². The number of rotatable bonds is 28. The number of allylic oxidation sites excluding steroid dienone is 2. The van der Waals surface area contributed by atoms with Crippen molar-refractivity contribution in [3.8, 4) is 0 Å². The summed E-state index contributed by atoms with van der Waals surface area (Å²) in [6.07, 6.45) is 33.6. The standard InChI is InChI=1S/C46H72N2.2CH3.Ni/c1-5-9-13-14-15-16-17-18-19-20-21-22-23-24-26-30-40-32-28-34-42(38-40)46-44(36-25-10-6-2)43(35-12-8-4)45(48(46)47)41-33-27-31-39(37-41)29-11-7-3;;;/h27-28,31-34,37-38H,5-26,29-30,35-36H2,1-4H3;2*1H3;/q;2*-1;+2. The molecule has 1 aliphatic rings. The van der Waals surface area contributed by atoms with E-state index in [-0.39, 0.29) is 31.3 Å². The van der Waals surface area contributed by atoms with E-state index in [2.05, 4.69) is 76.2 Å². The molecule has 0 saturated carbocycles. The van der Waals surface area contributed by atoms with E-state index in [1.54, 1.807) is 4.70 Å². The van der Waals surface area contributed by atoms with Crippen LogP contribution in [0.3, 0.4) is 0 Å². The van der Waals surface area contributed by atoms with E-state index in [1.807, 2.05) is 0 Å². The fourth-order valence-corrected chi connectivity index (χ4v) is 7.52. The van der Waals surface area contributed by atoms with E-state index < -0.39 is 0 Å². The first-order valence-electron chi connectivity index (χ1n) is 20.8. The number of hydrogen-bond acceptors (Lipinski definition) is 0. The molecule has 0 radical (unpaired) electrons. The summed E-state index contributed by atoms with van der Waals surface area (Å²) in [5.74, 6) is 0. The van der Waals surface area contributed by atoms with Crippen LogP contribution in [0.25, 0.3) is 16.9 Å². The molecule has 51 heavy (non-hydrogen) atoms. The number of benzene rings is 2. The van der Waals surface area contributed by atoms with Crippen molar-refractivity contribution < 1.29 is 21.2 Å². The molecule has 0 saturated heterocycles. The van der Waals surface area contributed by atoms with Crippen molar-refractivity contribution in [2.45, 2.75) is 195 Å². The van der Waals surface area contributed by atoms with Crippen LogP contribution in [0.5, 0.6) is 0 Å². The van der Waals surface area contributed by atoms with E-state index in [0.29, 0.717) is 0 Å². The van der Waals surface area contributed by atoms with Crippen molar-refractivity contribution in [3.05, 3.63) is 102 Å². The summed E-state index contributed by atoms with van der Waals surface area (Å²) in [5, 5.41) is 0. The SMILES string of the molecule is CCCCCCCCCCCCCCCCCc1cccc(C2=C(CCCCC)C(CCCC)=C(c3cccc(CCCC)c3)[N+]2=[N-])c1.[CH3-].[CH3-].[Ni+2]. The Bertz CT molecular complexity index is 1260. The van der Waals surface area contributed by atoms with Crippen LogP contribution in [0.15, 0.2) is 59.7 Å². The molecule has 3 rings (SSSR count). The maximum absolute atomic E-state index is 12.0. The van der Waals surface area contributed by atoms with E-state index in [1.165, 1.54) is 156 Å². The second-order valence-corrected chi connectivity index (χ2v) is 14.7. The van der Waals surface area contributed by atoms with Crippen molar-refractivity contribution in [2.75, 3.05) is 0 Å². The largest absolute Gasteiger partial charge is 2.00 e. The second kappa shape index (κ2) is 30.5. The molecule has 3 heteroatoms. The molecule has 2 aromatic carbocycles. The molecule has 0 aromatic heterocycles. The molecule has 0 unspecified atom stereocenters. The predicted molar refractivity (Wildman–Crippen MR) is 224 cm³/mol. The average Bonchev–Trinajstić information content (AvgIpc) is 3.38. The molecule has 0 bridgehead atoms. The van der Waals surface area contributed by atoms with Gasteiger partial charge in [-0.25, -0.2) is 4.70 Å². The Kier molecular flexibility index (Phi) is 29.3. The molecule has 0 fully saturated rings. The maximum atomic E-state index is 12.0. The van der Waals surface area contributed by atoms with Gasteiger partial charge >= 0.3 is 16.5 Å². The maximum Gasteiger partial charge on any atom is 2.00 e. The Balaban J connectivity index is 0.00000833. The molecule has 2 aromatic rings. The Morgan fingerprint density at radius 2 is 0.725 bits per heavy atom. The zero-order valence-corrected chi connectivity index (χ0v) is 35.2. The van der Waals surface area contributed by atoms with E-state index in [0.717, 1.165) is 55.5 Å². The van der Waals surface area contributed by atoms with E-state index in [9.17, 15) is 5.53 Å². The Morgan fingerprint density at radius 1 is 0.412 bits per heavy atom. The quantitative estimate of drug-likeness (QED) is 0.0359. The molecule has 1 aliphatic heterocycles. The fraction of sp³-hybridized carbons (Fsp3) is 0.625. The van der Waals surface area contributed by atoms with Gasteiger partial charge in [0.1, 0.15) is 0 Å². The van der Waals surface area contributed by atoms with Gasteiger partial charge in [-0.15, -0.1) is 0 Å². The van der Waals surface area contributed by atoms with Gasteiger partial charge < -0.3 is 20.4 Å². The molecular formula is C48H78N2Ni. The van der Waals surface area contributed by atoms with Crippen molar-refractivity contribution in [2.24, 2.45) is 0 Å². The van der Waals surface area contributed by atoms with Crippen molar-refractivity contribution in [1.82, 2.24) is 0 Å². The summed E-state index contributed by atoms with van der Waals surface area (Å²) in [7, 11) is 0. The first kappa shape index (κ1) is 49.0. The topological polar surface area (TPSA) is 25.3 Å². The van der Waals surface area contributed by atoms with Crippen molar-refractivity contribution in [3.63, 3.8) is 0 Å². The van der Waals surface area contributed by atoms with Crippen LogP contribution in [0.2, 0.25) is 0 Å². The van der Waals surface area contributed by atoms with Gasteiger partial charge in [0.15, 0.2) is 0 Å². The Hall–Kier alpha value is -1.99. The van der Waals surface area contributed by atoms with Crippen LogP contribution in [0.1, 0.15) is 204 Å². The van der Waals surface area contributed by atoms with Crippen LogP contribution in [-0.2, 0) is 29.3 Å². The number of aryl methyl sites for hydroxylation is 2. The first-order chi connectivity index (χ1) is 23.6.